The highest BCUT2D eigenvalue weighted by Crippen LogP contribution is 2.21. The number of carbonyl (C=O) groups is 1. The molecular weight excluding hydrogens is 302 g/mol. The van der Waals surface area contributed by atoms with E-state index >= 15 is 0 Å². The van der Waals surface area contributed by atoms with Crippen LogP contribution >= 0.6 is 0 Å². The minimum absolute atomic E-state index is 0.0631. The molecule has 6 nitrogen and oxygen atoms in total. The van der Waals surface area contributed by atoms with Crippen molar-refractivity contribution >= 4 is 18.0 Å². The minimum Gasteiger partial charge on any atom is -0.352 e. The van der Waals surface area contributed by atoms with E-state index < -0.39 is 0 Å². The zero-order valence-electron chi connectivity index (χ0n) is 13.2. The first kappa shape index (κ1) is 15.6. The number of nitrogens with zero attached hydrogens (tertiary/aromatic N) is 3. The number of aromatic nitrogens is 3. The van der Waals surface area contributed by atoms with E-state index in [0.717, 1.165) is 22.5 Å². The van der Waals surface area contributed by atoms with Crippen molar-refractivity contribution in [3.63, 3.8) is 0 Å². The summed E-state index contributed by atoms with van der Waals surface area (Å²) in [6.07, 6.45) is 5.90. The van der Waals surface area contributed by atoms with Gasteiger partial charge in [0.1, 0.15) is 0 Å². The third kappa shape index (κ3) is 3.73. The predicted octanol–water partition coefficient (Wildman–Crippen LogP) is 3.09. The Morgan fingerprint density at radius 1 is 1.12 bits per heavy atom. The Morgan fingerprint density at radius 2 is 2.04 bits per heavy atom. The highest BCUT2D eigenvalue weighted by Gasteiger charge is 2.06. The van der Waals surface area contributed by atoms with Crippen molar-refractivity contribution in [1.82, 2.24) is 20.3 Å². The van der Waals surface area contributed by atoms with E-state index in [1.54, 1.807) is 18.6 Å². The van der Waals surface area contributed by atoms with Crippen LogP contribution in [0.1, 0.15) is 18.5 Å². The summed E-state index contributed by atoms with van der Waals surface area (Å²) < 4.78 is 0. The van der Waals surface area contributed by atoms with Gasteiger partial charge in [-0.3, -0.25) is 9.78 Å². The van der Waals surface area contributed by atoms with Crippen LogP contribution < -0.4 is 10.6 Å². The normalized spacial score (nSPS) is 11.5. The molecular formula is C18H17N5O. The molecule has 0 radical (unpaired) electrons. The molecule has 0 aliphatic heterocycles. The van der Waals surface area contributed by atoms with Gasteiger partial charge < -0.3 is 10.6 Å². The lowest BCUT2D eigenvalue weighted by atomic mass is 10.1. The van der Waals surface area contributed by atoms with Crippen molar-refractivity contribution in [1.29, 1.82) is 0 Å². The maximum absolute atomic E-state index is 10.6. The van der Waals surface area contributed by atoms with Crippen LogP contribution in [0.5, 0.6) is 0 Å². The fourth-order valence-corrected chi connectivity index (χ4v) is 2.31. The molecule has 1 amide bonds. The summed E-state index contributed by atoms with van der Waals surface area (Å²) >= 11 is 0. The number of hydrogen-bond acceptors (Lipinski definition) is 5. The molecule has 2 aromatic heterocycles. The maximum Gasteiger partial charge on any atom is 0.227 e. The molecule has 0 aliphatic rings. The molecule has 24 heavy (non-hydrogen) atoms. The van der Waals surface area contributed by atoms with Gasteiger partial charge in [-0.2, -0.15) is 0 Å². The van der Waals surface area contributed by atoms with Gasteiger partial charge in [0.15, 0.2) is 0 Å². The summed E-state index contributed by atoms with van der Waals surface area (Å²) in [5, 5.41) is 5.93. The second-order valence-corrected chi connectivity index (χ2v) is 5.26. The van der Waals surface area contributed by atoms with Crippen LogP contribution in [0.15, 0.2) is 61.1 Å². The molecule has 0 spiro atoms. The number of anilines is 2. The molecule has 3 rings (SSSR count). The number of nitrogens with one attached hydrogen (secondary N) is 2. The first-order chi connectivity index (χ1) is 11.8. The van der Waals surface area contributed by atoms with Gasteiger partial charge in [0, 0.05) is 29.8 Å². The standard InChI is InChI=1S/C18H17N5O/c1-13(21-12-24)14-4-2-6-16(10-14)22-18-20-9-7-17(23-18)15-5-3-8-19-11-15/h2-13H,1H3,(H,21,24)(H,20,22,23). The Hall–Kier alpha value is -3.28. The average molecular weight is 319 g/mol. The van der Waals surface area contributed by atoms with Crippen LogP contribution in [0.4, 0.5) is 11.6 Å². The van der Waals surface area contributed by atoms with Gasteiger partial charge in [-0.05, 0) is 42.8 Å². The highest BCUT2D eigenvalue weighted by atomic mass is 16.1. The van der Waals surface area contributed by atoms with Crippen LogP contribution in [0.25, 0.3) is 11.3 Å². The van der Waals surface area contributed by atoms with Crippen molar-refractivity contribution in [2.45, 2.75) is 13.0 Å². The second kappa shape index (κ2) is 7.32. The van der Waals surface area contributed by atoms with E-state index in [9.17, 15) is 4.79 Å². The topological polar surface area (TPSA) is 79.8 Å². The van der Waals surface area contributed by atoms with E-state index in [-0.39, 0.29) is 6.04 Å². The maximum atomic E-state index is 10.6. The van der Waals surface area contributed by atoms with Crippen molar-refractivity contribution in [3.8, 4) is 11.3 Å². The van der Waals surface area contributed by atoms with Crippen LogP contribution in [-0.2, 0) is 4.79 Å². The van der Waals surface area contributed by atoms with Crippen molar-refractivity contribution in [3.05, 3.63) is 66.6 Å². The van der Waals surface area contributed by atoms with Crippen molar-refractivity contribution in [2.24, 2.45) is 0 Å². The summed E-state index contributed by atoms with van der Waals surface area (Å²) in [4.78, 5) is 23.5. The minimum atomic E-state index is -0.0631. The summed E-state index contributed by atoms with van der Waals surface area (Å²) in [6.45, 7) is 1.92. The molecule has 1 aromatic carbocycles. The third-order valence-corrected chi connectivity index (χ3v) is 3.57. The van der Waals surface area contributed by atoms with Gasteiger partial charge in [-0.1, -0.05) is 12.1 Å². The molecule has 0 saturated carbocycles. The molecule has 0 saturated heterocycles. The lowest BCUT2D eigenvalue weighted by Crippen LogP contribution is -2.16. The smallest absolute Gasteiger partial charge is 0.227 e. The Balaban J connectivity index is 1.82. The van der Waals surface area contributed by atoms with E-state index in [1.807, 2.05) is 49.4 Å². The molecule has 6 heteroatoms. The van der Waals surface area contributed by atoms with Crippen molar-refractivity contribution in [2.75, 3.05) is 5.32 Å². The average Bonchev–Trinajstić information content (AvgIpc) is 2.63. The van der Waals surface area contributed by atoms with Crippen molar-refractivity contribution < 1.29 is 4.79 Å². The Labute approximate surface area is 140 Å². The summed E-state index contributed by atoms with van der Waals surface area (Å²) in [5.74, 6) is 0.504. The van der Waals surface area contributed by atoms with Crippen LogP contribution in [0.3, 0.4) is 0 Å². The number of pyridine rings is 1. The number of hydrogen-bond donors (Lipinski definition) is 2. The van der Waals surface area contributed by atoms with E-state index in [2.05, 4.69) is 25.6 Å². The largest absolute Gasteiger partial charge is 0.352 e. The zero-order chi connectivity index (χ0) is 16.8. The molecule has 0 bridgehead atoms. The number of benzene rings is 1. The van der Waals surface area contributed by atoms with E-state index in [4.69, 9.17) is 0 Å². The first-order valence-electron chi connectivity index (χ1n) is 7.56. The number of amides is 1. The first-order valence-corrected chi connectivity index (χ1v) is 7.56. The van der Waals surface area contributed by atoms with Gasteiger partial charge in [-0.15, -0.1) is 0 Å². The quantitative estimate of drug-likeness (QED) is 0.683. The van der Waals surface area contributed by atoms with Crippen LogP contribution in [0.2, 0.25) is 0 Å². The van der Waals surface area contributed by atoms with Gasteiger partial charge in [-0.25, -0.2) is 9.97 Å². The summed E-state index contributed by atoms with van der Waals surface area (Å²) in [7, 11) is 0. The van der Waals surface area contributed by atoms with Gasteiger partial charge in [0.05, 0.1) is 11.7 Å². The lowest BCUT2D eigenvalue weighted by Gasteiger charge is -2.12. The third-order valence-electron chi connectivity index (χ3n) is 3.57. The molecule has 1 atom stereocenters. The Kier molecular flexibility index (Phi) is 4.76. The highest BCUT2D eigenvalue weighted by molar-refractivity contribution is 5.61. The molecule has 2 heterocycles. The molecule has 1 unspecified atom stereocenters. The van der Waals surface area contributed by atoms with Crippen LogP contribution in [-0.4, -0.2) is 21.4 Å². The number of rotatable bonds is 6. The van der Waals surface area contributed by atoms with Gasteiger partial charge in [0.25, 0.3) is 0 Å². The second-order valence-electron chi connectivity index (χ2n) is 5.26. The summed E-state index contributed by atoms with van der Waals surface area (Å²) in [6, 6.07) is 13.4. The fourth-order valence-electron chi connectivity index (χ4n) is 2.31. The molecule has 0 aliphatic carbocycles. The molecule has 120 valence electrons. The predicted molar refractivity (Wildman–Crippen MR) is 92.6 cm³/mol. The fraction of sp³-hybridized carbons (Fsp3) is 0.111. The number of carbonyl (C=O) groups excluding carboxylic acids is 1. The monoisotopic (exact) mass is 319 g/mol. The summed E-state index contributed by atoms with van der Waals surface area (Å²) in [5.41, 5.74) is 3.58. The lowest BCUT2D eigenvalue weighted by molar-refractivity contribution is -0.110. The van der Waals surface area contributed by atoms with Gasteiger partial charge in [0.2, 0.25) is 12.4 Å². The molecule has 3 aromatic rings. The Bertz CT molecular complexity index is 822. The SMILES string of the molecule is CC(NC=O)c1cccc(Nc2nccc(-c3cccnc3)n2)c1. The Morgan fingerprint density at radius 3 is 2.83 bits per heavy atom. The molecule has 0 fully saturated rings. The zero-order valence-corrected chi connectivity index (χ0v) is 13.2. The van der Waals surface area contributed by atoms with Gasteiger partial charge >= 0.3 is 0 Å². The molecule has 2 N–H and O–H groups in total. The van der Waals surface area contributed by atoms with E-state index in [1.165, 1.54) is 0 Å². The van der Waals surface area contributed by atoms with E-state index in [0.29, 0.717) is 12.4 Å². The van der Waals surface area contributed by atoms with Crippen LogP contribution in [0, 0.1) is 0 Å².